The maximum atomic E-state index is 12.8. The molecule has 0 radical (unpaired) electrons. The maximum absolute atomic E-state index is 12.8. The van der Waals surface area contributed by atoms with Gasteiger partial charge in [0.2, 0.25) is 0 Å². The first-order valence-corrected chi connectivity index (χ1v) is 10.5. The molecule has 3 heterocycles. The number of nitrogens with two attached hydrogens (primary N) is 1. The van der Waals surface area contributed by atoms with Crippen LogP contribution in [-0.4, -0.2) is 72.7 Å². The molecule has 2 aromatic heterocycles. The van der Waals surface area contributed by atoms with Gasteiger partial charge in [-0.15, -0.1) is 12.4 Å². The van der Waals surface area contributed by atoms with E-state index in [2.05, 4.69) is 37.4 Å². The van der Waals surface area contributed by atoms with Crippen molar-refractivity contribution >= 4 is 40.9 Å². The second-order valence-electron chi connectivity index (χ2n) is 6.92. The number of likely N-dealkylation sites (N-methyl/N-ethyl adjacent to an activating group) is 1. The Morgan fingerprint density at radius 3 is 2.52 bits per heavy atom. The molecule has 31 heavy (non-hydrogen) atoms. The van der Waals surface area contributed by atoms with Gasteiger partial charge in [0.1, 0.15) is 16.8 Å². The van der Waals surface area contributed by atoms with Gasteiger partial charge in [0.05, 0.1) is 23.0 Å². The Labute approximate surface area is 188 Å². The predicted molar refractivity (Wildman–Crippen MR) is 121 cm³/mol. The molecule has 3 aromatic rings. The third kappa shape index (κ3) is 5.25. The second-order valence-corrected chi connectivity index (χ2v) is 8.41. The molecule has 0 bridgehead atoms. The van der Waals surface area contributed by atoms with Crippen LogP contribution in [-0.2, 0) is 11.0 Å². The molecular weight excluding hydrogens is 440 g/mol. The fraction of sp³-hybridized carbons (Fsp3) is 0.263. The summed E-state index contributed by atoms with van der Waals surface area (Å²) >= 11 is 0. The van der Waals surface area contributed by atoms with Crippen LogP contribution in [0.15, 0.2) is 47.6 Å². The number of hydrogen-bond donors (Lipinski definition) is 3. The summed E-state index contributed by atoms with van der Waals surface area (Å²) in [7, 11) is 0.855. The van der Waals surface area contributed by atoms with Crippen molar-refractivity contribution in [1.82, 2.24) is 29.4 Å². The smallest absolute Gasteiger partial charge is 0.279 e. The van der Waals surface area contributed by atoms with Crippen molar-refractivity contribution in [2.24, 2.45) is 0 Å². The molecule has 1 fully saturated rings. The lowest BCUT2D eigenvalue weighted by Crippen LogP contribution is -2.45. The molecule has 0 spiro atoms. The van der Waals surface area contributed by atoms with Crippen LogP contribution in [0.4, 0.5) is 11.6 Å². The number of anilines is 2. The van der Waals surface area contributed by atoms with Crippen LogP contribution in [0.1, 0.15) is 10.5 Å². The van der Waals surface area contributed by atoms with Crippen LogP contribution in [0.3, 0.4) is 0 Å². The van der Waals surface area contributed by atoms with Crippen molar-refractivity contribution in [3.05, 3.63) is 48.4 Å². The molecular formula is C19H23ClN8O2S. The zero-order valence-corrected chi connectivity index (χ0v) is 18.4. The number of H-pyrrole nitrogens is 1. The molecule has 0 saturated carbocycles. The number of rotatable bonds is 5. The third-order valence-corrected chi connectivity index (χ3v) is 6.32. The first-order chi connectivity index (χ1) is 14.5. The zero-order chi connectivity index (χ0) is 21.1. The molecule has 164 valence electrons. The predicted octanol–water partition coefficient (Wildman–Crippen LogP) is 1.39. The van der Waals surface area contributed by atoms with Crippen LogP contribution >= 0.6 is 12.4 Å². The molecule has 1 amide bonds. The van der Waals surface area contributed by atoms with Gasteiger partial charge in [-0.3, -0.25) is 9.89 Å². The van der Waals surface area contributed by atoms with Gasteiger partial charge in [-0.05, 0) is 19.2 Å². The molecule has 1 aromatic carbocycles. The highest BCUT2D eigenvalue weighted by Gasteiger charge is 2.20. The van der Waals surface area contributed by atoms with E-state index in [1.165, 1.54) is 12.4 Å². The van der Waals surface area contributed by atoms with Crippen LogP contribution < -0.4 is 11.1 Å². The summed E-state index contributed by atoms with van der Waals surface area (Å²) in [6.45, 7) is 3.33. The molecule has 4 N–H and O–H groups in total. The number of benzene rings is 1. The Morgan fingerprint density at radius 2 is 1.87 bits per heavy atom. The van der Waals surface area contributed by atoms with Crippen molar-refractivity contribution in [3.8, 4) is 11.3 Å². The fourth-order valence-electron chi connectivity index (χ4n) is 3.06. The Kier molecular flexibility index (Phi) is 7.33. The SMILES string of the molecule is CN1CCN(S(=O)c2ccc(-c3cnc(N)c(C(=O)Nc4ccn[nH]4)n3)cc2)CC1.Cl. The van der Waals surface area contributed by atoms with Gasteiger partial charge in [0.15, 0.2) is 11.5 Å². The highest BCUT2D eigenvalue weighted by molar-refractivity contribution is 7.82. The second kappa shape index (κ2) is 9.96. The highest BCUT2D eigenvalue weighted by atomic mass is 35.5. The summed E-state index contributed by atoms with van der Waals surface area (Å²) in [6.07, 6.45) is 3.03. The number of halogens is 1. The van der Waals surface area contributed by atoms with E-state index in [-0.39, 0.29) is 23.9 Å². The van der Waals surface area contributed by atoms with Gasteiger partial charge in [-0.25, -0.2) is 18.5 Å². The van der Waals surface area contributed by atoms with Crippen molar-refractivity contribution in [1.29, 1.82) is 0 Å². The van der Waals surface area contributed by atoms with Gasteiger partial charge in [0.25, 0.3) is 5.91 Å². The Hall–Kier alpha value is -2.86. The van der Waals surface area contributed by atoms with Gasteiger partial charge < -0.3 is 16.0 Å². The molecule has 1 aliphatic heterocycles. The molecule has 10 nitrogen and oxygen atoms in total. The van der Waals surface area contributed by atoms with E-state index in [4.69, 9.17) is 5.73 Å². The number of piperazine rings is 1. The Balaban J connectivity index is 0.00000272. The molecule has 1 saturated heterocycles. The first-order valence-electron chi connectivity index (χ1n) is 9.40. The normalized spacial score (nSPS) is 15.8. The standard InChI is InChI=1S/C19H22N8O2S.ClH/c1-26-8-10-27(11-9-26)30(29)14-4-2-13(3-5-14)15-12-21-18(20)17(23-15)19(28)24-16-6-7-22-25-16;/h2-7,12H,8-11H2,1H3,(H2,20,21)(H2,22,24,25,28);1H. The van der Waals surface area contributed by atoms with Crippen molar-refractivity contribution in [3.63, 3.8) is 0 Å². The topological polar surface area (TPSA) is 133 Å². The fourth-order valence-corrected chi connectivity index (χ4v) is 4.22. The average molecular weight is 463 g/mol. The van der Waals surface area contributed by atoms with E-state index in [9.17, 15) is 9.00 Å². The summed E-state index contributed by atoms with van der Waals surface area (Å²) in [6, 6.07) is 8.88. The van der Waals surface area contributed by atoms with Crippen LogP contribution in [0.5, 0.6) is 0 Å². The Bertz CT molecular complexity index is 1050. The minimum absolute atomic E-state index is 0. The molecule has 12 heteroatoms. The summed E-state index contributed by atoms with van der Waals surface area (Å²) in [4.78, 5) is 23.9. The van der Waals surface area contributed by atoms with Crippen molar-refractivity contribution in [2.45, 2.75) is 4.90 Å². The van der Waals surface area contributed by atoms with Crippen LogP contribution in [0.2, 0.25) is 0 Å². The van der Waals surface area contributed by atoms with E-state index in [1.54, 1.807) is 6.07 Å². The number of carbonyl (C=O) groups is 1. The average Bonchev–Trinajstić information content (AvgIpc) is 3.27. The lowest BCUT2D eigenvalue weighted by Gasteiger charge is -2.31. The van der Waals surface area contributed by atoms with E-state index in [0.717, 1.165) is 36.6 Å². The number of aromatic amines is 1. The number of amides is 1. The van der Waals surface area contributed by atoms with Gasteiger partial charge in [-0.1, -0.05) is 12.1 Å². The number of carbonyl (C=O) groups excluding carboxylic acids is 1. The van der Waals surface area contributed by atoms with Crippen molar-refractivity contribution < 1.29 is 9.00 Å². The minimum Gasteiger partial charge on any atom is -0.382 e. The van der Waals surface area contributed by atoms with Crippen molar-refractivity contribution in [2.75, 3.05) is 44.3 Å². The van der Waals surface area contributed by atoms with E-state index < -0.39 is 16.9 Å². The molecule has 1 unspecified atom stereocenters. The van der Waals surface area contributed by atoms with Gasteiger partial charge >= 0.3 is 0 Å². The molecule has 4 rings (SSSR count). The third-order valence-electron chi connectivity index (χ3n) is 4.81. The summed E-state index contributed by atoms with van der Waals surface area (Å²) < 4.78 is 14.8. The lowest BCUT2D eigenvalue weighted by atomic mass is 10.1. The van der Waals surface area contributed by atoms with Crippen LogP contribution in [0, 0.1) is 0 Å². The summed E-state index contributed by atoms with van der Waals surface area (Å²) in [5, 5.41) is 9.05. The molecule has 1 aliphatic rings. The largest absolute Gasteiger partial charge is 0.382 e. The molecule has 1 atom stereocenters. The highest BCUT2D eigenvalue weighted by Crippen LogP contribution is 2.22. The quantitative estimate of drug-likeness (QED) is 0.521. The monoisotopic (exact) mass is 462 g/mol. The maximum Gasteiger partial charge on any atom is 0.279 e. The number of nitrogen functional groups attached to an aromatic ring is 1. The van der Waals surface area contributed by atoms with E-state index >= 15 is 0 Å². The van der Waals surface area contributed by atoms with E-state index in [1.807, 2.05) is 28.6 Å². The number of nitrogens with one attached hydrogen (secondary N) is 2. The van der Waals surface area contributed by atoms with Crippen LogP contribution in [0.25, 0.3) is 11.3 Å². The van der Waals surface area contributed by atoms with E-state index in [0.29, 0.717) is 11.5 Å². The lowest BCUT2D eigenvalue weighted by molar-refractivity contribution is 0.102. The summed E-state index contributed by atoms with van der Waals surface area (Å²) in [5.41, 5.74) is 7.11. The van der Waals surface area contributed by atoms with Gasteiger partial charge in [0, 0.05) is 37.8 Å². The first kappa shape index (κ1) is 22.8. The number of nitrogens with zero attached hydrogens (tertiary/aromatic N) is 5. The van der Waals surface area contributed by atoms with Gasteiger partial charge in [-0.2, -0.15) is 5.10 Å². The molecule has 0 aliphatic carbocycles. The zero-order valence-electron chi connectivity index (χ0n) is 16.8. The summed E-state index contributed by atoms with van der Waals surface area (Å²) in [5.74, 6) is -0.0233. The minimum atomic E-state index is -1.21. The Morgan fingerprint density at radius 1 is 1.16 bits per heavy atom. The number of aromatic nitrogens is 4. The number of hydrogen-bond acceptors (Lipinski definition) is 7.